The summed E-state index contributed by atoms with van der Waals surface area (Å²) in [7, 11) is 0. The smallest absolute Gasteiger partial charge is 0.266 e. The fourth-order valence-electron chi connectivity index (χ4n) is 3.64. The first kappa shape index (κ1) is 15.3. The first-order valence-corrected chi connectivity index (χ1v) is 8.82. The summed E-state index contributed by atoms with van der Waals surface area (Å²) >= 11 is 1.41. The van der Waals surface area contributed by atoms with Gasteiger partial charge in [0.05, 0.1) is 5.25 Å². The molecule has 2 aromatic carbocycles. The van der Waals surface area contributed by atoms with Gasteiger partial charge < -0.3 is 5.32 Å². The van der Waals surface area contributed by atoms with Gasteiger partial charge in [-0.25, -0.2) is 0 Å². The third kappa shape index (κ3) is 1.94. The van der Waals surface area contributed by atoms with Crippen molar-refractivity contribution in [1.82, 2.24) is 0 Å². The molecule has 1 spiro atoms. The van der Waals surface area contributed by atoms with E-state index < -0.39 is 4.87 Å². The van der Waals surface area contributed by atoms with E-state index in [4.69, 9.17) is 0 Å². The number of thioether (sulfide) groups is 1. The van der Waals surface area contributed by atoms with Gasteiger partial charge in [-0.05, 0) is 50.1 Å². The topological polar surface area (TPSA) is 49.4 Å². The lowest BCUT2D eigenvalue weighted by Crippen LogP contribution is -2.47. The number of carbonyl (C=O) groups is 2. The van der Waals surface area contributed by atoms with Crippen LogP contribution in [-0.2, 0) is 14.5 Å². The van der Waals surface area contributed by atoms with E-state index in [2.05, 4.69) is 11.4 Å². The van der Waals surface area contributed by atoms with Crippen molar-refractivity contribution in [2.75, 3.05) is 10.2 Å². The summed E-state index contributed by atoms with van der Waals surface area (Å²) in [5, 5.41) is 2.67. The van der Waals surface area contributed by atoms with Crippen molar-refractivity contribution in [3.63, 3.8) is 0 Å². The quantitative estimate of drug-likeness (QED) is 0.865. The molecule has 0 aromatic heterocycles. The number of benzene rings is 2. The lowest BCUT2D eigenvalue weighted by Gasteiger charge is -2.32. The summed E-state index contributed by atoms with van der Waals surface area (Å²) in [4.78, 5) is 26.6. The Morgan fingerprint density at radius 2 is 1.75 bits per heavy atom. The highest BCUT2D eigenvalue weighted by Crippen LogP contribution is 2.56. The molecule has 2 aliphatic heterocycles. The Hall–Kier alpha value is -2.27. The number of aryl methyl sites for hydroxylation is 2. The van der Waals surface area contributed by atoms with Crippen LogP contribution in [0.1, 0.15) is 23.6 Å². The molecule has 2 aromatic rings. The fourth-order valence-corrected chi connectivity index (χ4v) is 5.12. The largest absolute Gasteiger partial charge is 0.323 e. The van der Waals surface area contributed by atoms with Gasteiger partial charge in [-0.2, -0.15) is 0 Å². The van der Waals surface area contributed by atoms with Crippen LogP contribution in [0.25, 0.3) is 0 Å². The second-order valence-electron chi connectivity index (χ2n) is 6.42. The Bertz CT molecular complexity index is 859. The van der Waals surface area contributed by atoms with Crippen LogP contribution in [0.4, 0.5) is 11.4 Å². The van der Waals surface area contributed by atoms with E-state index in [9.17, 15) is 9.59 Å². The Balaban J connectivity index is 1.97. The first-order valence-electron chi connectivity index (χ1n) is 7.94. The molecule has 122 valence electrons. The van der Waals surface area contributed by atoms with Gasteiger partial charge in [-0.1, -0.05) is 24.3 Å². The molecule has 2 amide bonds. The van der Waals surface area contributed by atoms with Crippen LogP contribution in [0.15, 0.2) is 42.5 Å². The minimum atomic E-state index is -1.02. The van der Waals surface area contributed by atoms with Gasteiger partial charge in [0.25, 0.3) is 5.91 Å². The average molecular weight is 338 g/mol. The third-order valence-corrected chi connectivity index (χ3v) is 6.03. The highest BCUT2D eigenvalue weighted by atomic mass is 32.2. The molecular weight excluding hydrogens is 320 g/mol. The molecule has 2 aliphatic rings. The molecule has 1 N–H and O–H groups in total. The summed E-state index contributed by atoms with van der Waals surface area (Å²) in [6.07, 6.45) is 0. The molecule has 4 nitrogen and oxygen atoms in total. The number of fused-ring (bicyclic) bond motifs is 2. The highest BCUT2D eigenvalue weighted by molar-refractivity contribution is 8.03. The molecule has 5 heteroatoms. The molecule has 2 heterocycles. The van der Waals surface area contributed by atoms with Crippen LogP contribution in [0.5, 0.6) is 0 Å². The number of nitrogens with one attached hydrogen (secondary N) is 1. The molecule has 1 fully saturated rings. The number of anilines is 2. The van der Waals surface area contributed by atoms with Gasteiger partial charge >= 0.3 is 0 Å². The van der Waals surface area contributed by atoms with Crippen molar-refractivity contribution in [3.8, 4) is 0 Å². The predicted molar refractivity (Wildman–Crippen MR) is 97.2 cm³/mol. The Kier molecular flexibility index (Phi) is 3.25. The van der Waals surface area contributed by atoms with Gasteiger partial charge in [0, 0.05) is 16.9 Å². The lowest BCUT2D eigenvalue weighted by atomic mass is 10.0. The summed E-state index contributed by atoms with van der Waals surface area (Å²) in [6, 6.07) is 13.6. The van der Waals surface area contributed by atoms with E-state index >= 15 is 0 Å². The first-order chi connectivity index (χ1) is 11.4. The van der Waals surface area contributed by atoms with Crippen molar-refractivity contribution >= 4 is 35.0 Å². The number of para-hydroxylation sites is 1. The molecule has 0 bridgehead atoms. The van der Waals surface area contributed by atoms with Crippen molar-refractivity contribution in [2.24, 2.45) is 0 Å². The molecule has 1 saturated heterocycles. The molecule has 2 atom stereocenters. The zero-order valence-corrected chi connectivity index (χ0v) is 14.6. The monoisotopic (exact) mass is 338 g/mol. The number of hydrogen-bond donors (Lipinski definition) is 1. The molecule has 24 heavy (non-hydrogen) atoms. The molecular formula is C19H18N2O2S. The third-order valence-electron chi connectivity index (χ3n) is 4.54. The van der Waals surface area contributed by atoms with Gasteiger partial charge in [0.1, 0.15) is 0 Å². The van der Waals surface area contributed by atoms with Crippen LogP contribution in [0.3, 0.4) is 0 Å². The highest BCUT2D eigenvalue weighted by Gasteiger charge is 2.60. The van der Waals surface area contributed by atoms with E-state index in [0.717, 1.165) is 28.1 Å². The van der Waals surface area contributed by atoms with E-state index in [-0.39, 0.29) is 17.1 Å². The fraction of sp³-hybridized carbons (Fsp3) is 0.263. The van der Waals surface area contributed by atoms with E-state index in [0.29, 0.717) is 0 Å². The number of carbonyl (C=O) groups excluding carboxylic acids is 2. The standard InChI is InChI=1S/C19H18N2O2S/c1-11-8-12(2)10-14(9-11)21-17(22)13(3)24-19(21)15-6-4-5-7-16(15)20-18(19)23/h4-10,13H,1-3H3,(H,20,23)/t13-,19+/m0/s1. The second-order valence-corrected chi connectivity index (χ2v) is 7.96. The maximum Gasteiger partial charge on any atom is 0.266 e. The molecule has 0 aliphatic carbocycles. The van der Waals surface area contributed by atoms with E-state index in [1.165, 1.54) is 11.8 Å². The Morgan fingerprint density at radius 3 is 2.46 bits per heavy atom. The van der Waals surface area contributed by atoms with Crippen molar-refractivity contribution in [1.29, 1.82) is 0 Å². The lowest BCUT2D eigenvalue weighted by molar-refractivity contribution is -0.122. The average Bonchev–Trinajstić information content (AvgIpc) is 2.94. The minimum Gasteiger partial charge on any atom is -0.323 e. The number of amides is 2. The molecule has 0 saturated carbocycles. The molecule has 4 rings (SSSR count). The summed E-state index contributed by atoms with van der Waals surface area (Å²) in [5.74, 6) is -0.178. The zero-order valence-electron chi connectivity index (χ0n) is 13.8. The minimum absolute atomic E-state index is 0.0307. The number of rotatable bonds is 1. The predicted octanol–water partition coefficient (Wildman–Crippen LogP) is 3.58. The van der Waals surface area contributed by atoms with Crippen molar-refractivity contribution in [2.45, 2.75) is 30.9 Å². The van der Waals surface area contributed by atoms with E-state index in [1.807, 2.05) is 57.2 Å². The summed E-state index contributed by atoms with van der Waals surface area (Å²) in [6.45, 7) is 5.87. The molecule has 0 radical (unpaired) electrons. The van der Waals surface area contributed by atoms with Crippen LogP contribution in [-0.4, -0.2) is 17.1 Å². The summed E-state index contributed by atoms with van der Waals surface area (Å²) < 4.78 is 0. The normalized spacial score (nSPS) is 25.3. The van der Waals surface area contributed by atoms with Crippen LogP contribution >= 0.6 is 11.8 Å². The SMILES string of the molecule is Cc1cc(C)cc(N2C(=O)[C@H](C)S[C@]23C(=O)Nc2ccccc23)c1. The van der Waals surface area contributed by atoms with Crippen LogP contribution < -0.4 is 10.2 Å². The van der Waals surface area contributed by atoms with Crippen molar-refractivity contribution in [3.05, 3.63) is 59.2 Å². The van der Waals surface area contributed by atoms with Crippen LogP contribution in [0, 0.1) is 13.8 Å². The zero-order chi connectivity index (χ0) is 17.1. The number of hydrogen-bond acceptors (Lipinski definition) is 3. The van der Waals surface area contributed by atoms with Gasteiger partial charge in [-0.15, -0.1) is 11.8 Å². The maximum absolute atomic E-state index is 13.0. The Morgan fingerprint density at radius 1 is 1.08 bits per heavy atom. The molecule has 0 unspecified atom stereocenters. The summed E-state index contributed by atoms with van der Waals surface area (Å²) in [5.41, 5.74) is 4.57. The Labute approximate surface area is 145 Å². The van der Waals surface area contributed by atoms with E-state index in [1.54, 1.807) is 4.90 Å². The van der Waals surface area contributed by atoms with Gasteiger partial charge in [0.15, 0.2) is 0 Å². The number of nitrogens with zero attached hydrogens (tertiary/aromatic N) is 1. The van der Waals surface area contributed by atoms with Crippen LogP contribution in [0.2, 0.25) is 0 Å². The van der Waals surface area contributed by atoms with Gasteiger partial charge in [0.2, 0.25) is 10.8 Å². The van der Waals surface area contributed by atoms with Crippen molar-refractivity contribution < 1.29 is 9.59 Å². The second kappa shape index (κ2) is 5.11. The maximum atomic E-state index is 13.0. The van der Waals surface area contributed by atoms with Gasteiger partial charge in [-0.3, -0.25) is 14.5 Å².